The van der Waals surface area contributed by atoms with Crippen LogP contribution in [0.25, 0.3) is 11.2 Å². The molecule has 4 atom stereocenters. The maximum Gasteiger partial charge on any atom is 0.165 e. The number of aliphatic hydroxyl groups excluding tert-OH is 3. The molecular formula is C10H13N5O3. The van der Waals surface area contributed by atoms with E-state index in [0.29, 0.717) is 11.2 Å². The summed E-state index contributed by atoms with van der Waals surface area (Å²) in [6.07, 6.45) is -0.155. The van der Waals surface area contributed by atoms with E-state index in [1.54, 1.807) is 4.57 Å². The highest BCUT2D eigenvalue weighted by Crippen LogP contribution is 2.33. The minimum absolute atomic E-state index is 0.234. The molecule has 1 aliphatic carbocycles. The van der Waals surface area contributed by atoms with E-state index in [1.807, 2.05) is 0 Å². The highest BCUT2D eigenvalue weighted by Gasteiger charge is 2.42. The number of rotatable bonds is 1. The summed E-state index contributed by atoms with van der Waals surface area (Å²) in [6, 6.07) is -0.478. The SMILES string of the molecule is Nc1ncnc2c1ncn2[C@@H]1C[C@H](O)[C@H](O)C1O. The second-order valence-electron chi connectivity index (χ2n) is 4.43. The number of nitrogen functional groups attached to an aromatic ring is 1. The van der Waals surface area contributed by atoms with Gasteiger partial charge in [0.05, 0.1) is 18.5 Å². The Labute approximate surface area is 102 Å². The zero-order valence-corrected chi connectivity index (χ0v) is 9.38. The Balaban J connectivity index is 2.08. The first-order chi connectivity index (χ1) is 8.59. The molecule has 1 unspecified atom stereocenters. The number of hydrogen-bond acceptors (Lipinski definition) is 7. The normalized spacial score (nSPS) is 32.2. The lowest BCUT2D eigenvalue weighted by Gasteiger charge is -2.17. The summed E-state index contributed by atoms with van der Waals surface area (Å²) < 4.78 is 1.61. The molecule has 5 N–H and O–H groups in total. The molecular weight excluding hydrogens is 238 g/mol. The summed E-state index contributed by atoms with van der Waals surface area (Å²) in [7, 11) is 0. The van der Waals surface area contributed by atoms with Crippen molar-refractivity contribution in [3.05, 3.63) is 12.7 Å². The monoisotopic (exact) mass is 251 g/mol. The third-order valence-corrected chi connectivity index (χ3v) is 3.37. The molecule has 1 saturated carbocycles. The van der Waals surface area contributed by atoms with Crippen molar-refractivity contribution in [2.45, 2.75) is 30.8 Å². The highest BCUT2D eigenvalue weighted by molar-refractivity contribution is 5.81. The van der Waals surface area contributed by atoms with Crippen molar-refractivity contribution in [1.82, 2.24) is 19.5 Å². The van der Waals surface area contributed by atoms with Crippen molar-refractivity contribution >= 4 is 17.0 Å². The Morgan fingerprint density at radius 3 is 2.61 bits per heavy atom. The van der Waals surface area contributed by atoms with Crippen molar-refractivity contribution < 1.29 is 15.3 Å². The van der Waals surface area contributed by atoms with Crippen LogP contribution in [-0.4, -0.2) is 53.2 Å². The molecule has 0 aromatic carbocycles. The van der Waals surface area contributed by atoms with Crippen LogP contribution in [0.1, 0.15) is 12.5 Å². The van der Waals surface area contributed by atoms with Gasteiger partial charge in [-0.15, -0.1) is 0 Å². The molecule has 1 aliphatic rings. The van der Waals surface area contributed by atoms with E-state index in [4.69, 9.17) is 5.73 Å². The van der Waals surface area contributed by atoms with Crippen molar-refractivity contribution in [3.63, 3.8) is 0 Å². The Morgan fingerprint density at radius 2 is 1.94 bits per heavy atom. The van der Waals surface area contributed by atoms with Crippen LogP contribution >= 0.6 is 0 Å². The minimum atomic E-state index is -1.16. The van der Waals surface area contributed by atoms with Gasteiger partial charge < -0.3 is 25.6 Å². The molecule has 18 heavy (non-hydrogen) atoms. The van der Waals surface area contributed by atoms with Gasteiger partial charge in [0.15, 0.2) is 11.5 Å². The molecule has 0 amide bonds. The number of aromatic nitrogens is 4. The fraction of sp³-hybridized carbons (Fsp3) is 0.500. The van der Waals surface area contributed by atoms with Gasteiger partial charge in [-0.2, -0.15) is 0 Å². The lowest BCUT2D eigenvalue weighted by atomic mass is 10.2. The van der Waals surface area contributed by atoms with Gasteiger partial charge in [-0.3, -0.25) is 0 Å². The van der Waals surface area contributed by atoms with Crippen molar-refractivity contribution in [2.24, 2.45) is 0 Å². The van der Waals surface area contributed by atoms with Gasteiger partial charge in [-0.25, -0.2) is 15.0 Å². The van der Waals surface area contributed by atoms with Crippen LogP contribution in [0.3, 0.4) is 0 Å². The van der Waals surface area contributed by atoms with Crippen LogP contribution in [0.2, 0.25) is 0 Å². The van der Waals surface area contributed by atoms with Crippen molar-refractivity contribution in [3.8, 4) is 0 Å². The van der Waals surface area contributed by atoms with Gasteiger partial charge in [-0.05, 0) is 6.42 Å². The van der Waals surface area contributed by atoms with E-state index < -0.39 is 24.4 Å². The number of hydrogen-bond donors (Lipinski definition) is 4. The summed E-state index contributed by atoms with van der Waals surface area (Å²) >= 11 is 0. The molecule has 96 valence electrons. The summed E-state index contributed by atoms with van der Waals surface area (Å²) in [6.45, 7) is 0. The maximum atomic E-state index is 9.90. The molecule has 2 aromatic rings. The molecule has 0 saturated heterocycles. The first-order valence-corrected chi connectivity index (χ1v) is 5.57. The Kier molecular flexibility index (Phi) is 2.44. The van der Waals surface area contributed by atoms with Crippen LogP contribution in [0.15, 0.2) is 12.7 Å². The van der Waals surface area contributed by atoms with E-state index in [0.717, 1.165) is 0 Å². The van der Waals surface area contributed by atoms with Crippen molar-refractivity contribution in [2.75, 3.05) is 5.73 Å². The molecule has 0 spiro atoms. The molecule has 0 aliphatic heterocycles. The average Bonchev–Trinajstić information content (AvgIpc) is 2.88. The first kappa shape index (κ1) is 11.3. The number of fused-ring (bicyclic) bond motifs is 1. The van der Waals surface area contributed by atoms with Crippen LogP contribution < -0.4 is 5.73 Å². The Hall–Kier alpha value is -1.77. The predicted molar refractivity (Wildman–Crippen MR) is 61.4 cm³/mol. The highest BCUT2D eigenvalue weighted by atomic mass is 16.4. The second kappa shape index (κ2) is 3.87. The lowest BCUT2D eigenvalue weighted by Crippen LogP contribution is -2.31. The van der Waals surface area contributed by atoms with Gasteiger partial charge in [0.2, 0.25) is 0 Å². The summed E-state index contributed by atoms with van der Waals surface area (Å²) in [4.78, 5) is 12.0. The standard InChI is InChI=1S/C10H13N5O3/c11-9-6-10(13-2-12-9)15(3-14-6)4-1-5(16)8(18)7(4)17/h2-5,7-8,16-18H,1H2,(H2,11,12,13)/t4-,5+,7?,8+/m1/s1. The summed E-state index contributed by atoms with van der Waals surface area (Å²) in [5.74, 6) is 0.257. The lowest BCUT2D eigenvalue weighted by molar-refractivity contribution is -0.0244. The third kappa shape index (κ3) is 1.47. The minimum Gasteiger partial charge on any atom is -0.390 e. The molecule has 8 nitrogen and oxygen atoms in total. The number of aliphatic hydroxyl groups is 3. The summed E-state index contributed by atoms with van der Waals surface area (Å²) in [5, 5.41) is 29.0. The number of nitrogens with two attached hydrogens (primary N) is 1. The van der Waals surface area contributed by atoms with Gasteiger partial charge in [-0.1, -0.05) is 0 Å². The van der Waals surface area contributed by atoms with E-state index >= 15 is 0 Å². The van der Waals surface area contributed by atoms with Crippen LogP contribution in [0, 0.1) is 0 Å². The van der Waals surface area contributed by atoms with E-state index in [9.17, 15) is 15.3 Å². The van der Waals surface area contributed by atoms with Gasteiger partial charge >= 0.3 is 0 Å². The smallest absolute Gasteiger partial charge is 0.165 e. The summed E-state index contributed by atoms with van der Waals surface area (Å²) in [5.41, 5.74) is 6.59. The molecule has 0 radical (unpaired) electrons. The van der Waals surface area contributed by atoms with Gasteiger partial charge in [0, 0.05) is 0 Å². The predicted octanol–water partition coefficient (Wildman–Crippen LogP) is -1.56. The molecule has 2 aromatic heterocycles. The Bertz CT molecular complexity index is 586. The Morgan fingerprint density at radius 1 is 1.17 bits per heavy atom. The molecule has 3 rings (SSSR count). The van der Waals surface area contributed by atoms with Crippen molar-refractivity contribution in [1.29, 1.82) is 0 Å². The fourth-order valence-corrected chi connectivity index (χ4v) is 2.37. The largest absolute Gasteiger partial charge is 0.390 e. The van der Waals surface area contributed by atoms with E-state index in [2.05, 4.69) is 15.0 Å². The van der Waals surface area contributed by atoms with E-state index in [-0.39, 0.29) is 12.2 Å². The van der Waals surface area contributed by atoms with Crippen LogP contribution in [-0.2, 0) is 0 Å². The fourth-order valence-electron chi connectivity index (χ4n) is 2.37. The number of anilines is 1. The molecule has 8 heteroatoms. The maximum absolute atomic E-state index is 9.90. The zero-order valence-electron chi connectivity index (χ0n) is 9.38. The van der Waals surface area contributed by atoms with Gasteiger partial charge in [0.25, 0.3) is 0 Å². The third-order valence-electron chi connectivity index (χ3n) is 3.37. The zero-order chi connectivity index (χ0) is 12.9. The quantitative estimate of drug-likeness (QED) is 0.482. The molecule has 2 heterocycles. The molecule has 1 fully saturated rings. The van der Waals surface area contributed by atoms with Crippen LogP contribution in [0.4, 0.5) is 5.82 Å². The van der Waals surface area contributed by atoms with Gasteiger partial charge in [0.1, 0.15) is 24.1 Å². The topological polar surface area (TPSA) is 130 Å². The average molecular weight is 251 g/mol. The van der Waals surface area contributed by atoms with E-state index in [1.165, 1.54) is 12.7 Å². The second-order valence-corrected chi connectivity index (χ2v) is 4.43. The number of nitrogens with zero attached hydrogens (tertiary/aromatic N) is 4. The molecule has 0 bridgehead atoms. The first-order valence-electron chi connectivity index (χ1n) is 5.57. The van der Waals surface area contributed by atoms with Crippen LogP contribution in [0.5, 0.6) is 0 Å². The number of imidazole rings is 1.